The minimum absolute atomic E-state index is 0.00331. The first-order chi connectivity index (χ1) is 11.6. The molecule has 3 atom stereocenters. The Morgan fingerprint density at radius 2 is 2.12 bits per heavy atom. The molecule has 0 aromatic heterocycles. The molecule has 24 heavy (non-hydrogen) atoms. The van der Waals surface area contributed by atoms with Gasteiger partial charge >= 0.3 is 0 Å². The monoisotopic (exact) mass is 331 g/mol. The van der Waals surface area contributed by atoms with E-state index in [-0.39, 0.29) is 17.7 Å². The molecule has 2 aliphatic heterocycles. The SMILES string of the molecule is COc1ccccc1N1CCC(NC(=O)[C@H]2CCN[C@@H](C)C2)C1=O. The lowest BCUT2D eigenvalue weighted by Crippen LogP contribution is -2.47. The number of carbonyl (C=O) groups excluding carboxylic acids is 2. The van der Waals surface area contributed by atoms with Gasteiger partial charge in [0.25, 0.3) is 0 Å². The molecule has 1 unspecified atom stereocenters. The van der Waals surface area contributed by atoms with Gasteiger partial charge in [0.05, 0.1) is 12.8 Å². The maximum atomic E-state index is 12.7. The molecule has 2 aliphatic rings. The molecule has 2 heterocycles. The molecule has 6 heteroatoms. The van der Waals surface area contributed by atoms with Gasteiger partial charge in [-0.15, -0.1) is 0 Å². The zero-order chi connectivity index (χ0) is 17.1. The molecule has 2 N–H and O–H groups in total. The number of benzene rings is 1. The van der Waals surface area contributed by atoms with Crippen LogP contribution in [0.15, 0.2) is 24.3 Å². The number of hydrogen-bond donors (Lipinski definition) is 2. The molecule has 0 spiro atoms. The summed E-state index contributed by atoms with van der Waals surface area (Å²) in [6.45, 7) is 3.53. The van der Waals surface area contributed by atoms with Crippen molar-refractivity contribution in [3.05, 3.63) is 24.3 Å². The summed E-state index contributed by atoms with van der Waals surface area (Å²) in [6, 6.07) is 7.38. The fraction of sp³-hybridized carbons (Fsp3) is 0.556. The Balaban J connectivity index is 1.65. The second kappa shape index (κ2) is 7.21. The van der Waals surface area contributed by atoms with Crippen LogP contribution in [0.4, 0.5) is 5.69 Å². The van der Waals surface area contributed by atoms with Gasteiger partial charge in [-0.2, -0.15) is 0 Å². The van der Waals surface area contributed by atoms with E-state index in [0.29, 0.717) is 24.8 Å². The minimum Gasteiger partial charge on any atom is -0.495 e. The molecule has 0 bridgehead atoms. The van der Waals surface area contributed by atoms with Crippen LogP contribution in [0.1, 0.15) is 26.2 Å². The van der Waals surface area contributed by atoms with Gasteiger partial charge in [-0.1, -0.05) is 12.1 Å². The predicted molar refractivity (Wildman–Crippen MR) is 92.1 cm³/mol. The first-order valence-corrected chi connectivity index (χ1v) is 8.58. The van der Waals surface area contributed by atoms with Crippen LogP contribution >= 0.6 is 0 Å². The Labute approximate surface area is 142 Å². The summed E-state index contributed by atoms with van der Waals surface area (Å²) in [4.78, 5) is 26.9. The summed E-state index contributed by atoms with van der Waals surface area (Å²) in [5.41, 5.74) is 0.761. The van der Waals surface area contributed by atoms with E-state index in [4.69, 9.17) is 4.74 Å². The molecule has 0 saturated carbocycles. The Morgan fingerprint density at radius 3 is 2.88 bits per heavy atom. The van der Waals surface area contributed by atoms with Crippen LogP contribution in [-0.2, 0) is 9.59 Å². The van der Waals surface area contributed by atoms with Gasteiger partial charge in [-0.3, -0.25) is 9.59 Å². The number of piperidine rings is 1. The summed E-state index contributed by atoms with van der Waals surface area (Å²) in [5.74, 6) is 0.609. The largest absolute Gasteiger partial charge is 0.495 e. The molecule has 2 fully saturated rings. The second-order valence-electron chi connectivity index (χ2n) is 6.59. The molecule has 3 rings (SSSR count). The number of rotatable bonds is 4. The minimum atomic E-state index is -0.437. The van der Waals surface area contributed by atoms with Gasteiger partial charge < -0.3 is 20.3 Å². The van der Waals surface area contributed by atoms with E-state index >= 15 is 0 Å². The van der Waals surface area contributed by atoms with Crippen LogP contribution < -0.4 is 20.3 Å². The first kappa shape index (κ1) is 16.8. The zero-order valence-corrected chi connectivity index (χ0v) is 14.2. The second-order valence-corrected chi connectivity index (χ2v) is 6.59. The Hall–Kier alpha value is -2.08. The summed E-state index contributed by atoms with van der Waals surface area (Å²) < 4.78 is 5.34. The highest BCUT2D eigenvalue weighted by molar-refractivity contribution is 6.02. The summed E-state index contributed by atoms with van der Waals surface area (Å²) in [6.07, 6.45) is 2.28. The molecule has 1 aromatic carbocycles. The number of methoxy groups -OCH3 is 1. The van der Waals surface area contributed by atoms with E-state index < -0.39 is 6.04 Å². The van der Waals surface area contributed by atoms with Gasteiger partial charge in [0.1, 0.15) is 11.8 Å². The van der Waals surface area contributed by atoms with Crippen molar-refractivity contribution in [2.24, 2.45) is 5.92 Å². The molecular weight excluding hydrogens is 306 g/mol. The fourth-order valence-electron chi connectivity index (χ4n) is 3.57. The highest BCUT2D eigenvalue weighted by Gasteiger charge is 2.36. The Morgan fingerprint density at radius 1 is 1.33 bits per heavy atom. The van der Waals surface area contributed by atoms with Gasteiger partial charge in [0, 0.05) is 18.5 Å². The van der Waals surface area contributed by atoms with E-state index in [0.717, 1.165) is 25.1 Å². The summed E-state index contributed by atoms with van der Waals surface area (Å²) in [5, 5.41) is 6.30. The van der Waals surface area contributed by atoms with Gasteiger partial charge in [-0.05, 0) is 44.9 Å². The number of ether oxygens (including phenoxy) is 1. The van der Waals surface area contributed by atoms with E-state index in [9.17, 15) is 9.59 Å². The maximum Gasteiger partial charge on any atom is 0.249 e. The highest BCUT2D eigenvalue weighted by atomic mass is 16.5. The third-order valence-corrected chi connectivity index (χ3v) is 4.89. The quantitative estimate of drug-likeness (QED) is 0.873. The normalized spacial score (nSPS) is 27.2. The number of carbonyl (C=O) groups is 2. The number of hydrogen-bond acceptors (Lipinski definition) is 4. The van der Waals surface area contributed by atoms with Crippen molar-refractivity contribution in [3.8, 4) is 5.75 Å². The number of amides is 2. The van der Waals surface area contributed by atoms with E-state index in [2.05, 4.69) is 17.6 Å². The lowest BCUT2D eigenvalue weighted by Gasteiger charge is -2.28. The molecule has 2 amide bonds. The average Bonchev–Trinajstić information content (AvgIpc) is 2.95. The van der Waals surface area contributed by atoms with Crippen LogP contribution in [0.2, 0.25) is 0 Å². The molecule has 2 saturated heterocycles. The maximum absolute atomic E-state index is 12.7. The molecule has 0 aliphatic carbocycles. The van der Waals surface area contributed by atoms with Crippen molar-refractivity contribution in [1.82, 2.24) is 10.6 Å². The summed E-state index contributed by atoms with van der Waals surface area (Å²) in [7, 11) is 1.59. The van der Waals surface area contributed by atoms with Crippen molar-refractivity contribution in [1.29, 1.82) is 0 Å². The van der Waals surface area contributed by atoms with E-state index in [1.807, 2.05) is 24.3 Å². The van der Waals surface area contributed by atoms with Gasteiger partial charge in [0.15, 0.2) is 0 Å². The van der Waals surface area contributed by atoms with Crippen molar-refractivity contribution in [3.63, 3.8) is 0 Å². The topological polar surface area (TPSA) is 70.7 Å². The molecular formula is C18H25N3O3. The lowest BCUT2D eigenvalue weighted by molar-refractivity contribution is -0.130. The fourth-order valence-corrected chi connectivity index (χ4v) is 3.57. The third-order valence-electron chi connectivity index (χ3n) is 4.89. The van der Waals surface area contributed by atoms with Crippen LogP contribution in [0.25, 0.3) is 0 Å². The number of para-hydroxylation sites is 2. The molecule has 6 nitrogen and oxygen atoms in total. The van der Waals surface area contributed by atoms with Crippen molar-refractivity contribution < 1.29 is 14.3 Å². The number of nitrogens with one attached hydrogen (secondary N) is 2. The van der Waals surface area contributed by atoms with Crippen LogP contribution in [-0.4, -0.2) is 44.1 Å². The summed E-state index contributed by atoms with van der Waals surface area (Å²) >= 11 is 0. The van der Waals surface area contributed by atoms with Gasteiger partial charge in [0.2, 0.25) is 11.8 Å². The zero-order valence-electron chi connectivity index (χ0n) is 14.2. The van der Waals surface area contributed by atoms with E-state index in [1.165, 1.54) is 0 Å². The Kier molecular flexibility index (Phi) is 5.04. The standard InChI is InChI=1S/C18H25N3O3/c1-12-11-13(7-9-19-12)17(22)20-14-8-10-21(18(14)23)15-5-3-4-6-16(15)24-2/h3-6,12-14,19H,7-11H2,1-2H3,(H,20,22)/t12-,13-,14?/m0/s1. The number of nitrogens with zero attached hydrogens (tertiary/aromatic N) is 1. The lowest BCUT2D eigenvalue weighted by atomic mass is 9.92. The Bertz CT molecular complexity index is 619. The molecule has 0 radical (unpaired) electrons. The number of anilines is 1. The van der Waals surface area contributed by atoms with Gasteiger partial charge in [-0.25, -0.2) is 0 Å². The van der Waals surface area contributed by atoms with Crippen molar-refractivity contribution in [2.45, 2.75) is 38.3 Å². The van der Waals surface area contributed by atoms with Crippen LogP contribution in [0, 0.1) is 5.92 Å². The molecule has 1 aromatic rings. The van der Waals surface area contributed by atoms with Crippen molar-refractivity contribution in [2.75, 3.05) is 25.1 Å². The average molecular weight is 331 g/mol. The van der Waals surface area contributed by atoms with E-state index in [1.54, 1.807) is 12.0 Å². The predicted octanol–water partition coefficient (Wildman–Crippen LogP) is 1.30. The smallest absolute Gasteiger partial charge is 0.249 e. The first-order valence-electron chi connectivity index (χ1n) is 8.58. The van der Waals surface area contributed by atoms with Crippen molar-refractivity contribution >= 4 is 17.5 Å². The van der Waals surface area contributed by atoms with Crippen LogP contribution in [0.3, 0.4) is 0 Å². The highest BCUT2D eigenvalue weighted by Crippen LogP contribution is 2.31. The third kappa shape index (κ3) is 3.38. The van der Waals surface area contributed by atoms with Crippen LogP contribution in [0.5, 0.6) is 5.75 Å². The molecule has 130 valence electrons.